The van der Waals surface area contributed by atoms with Crippen LogP contribution in [0.3, 0.4) is 0 Å². The van der Waals surface area contributed by atoms with Crippen LogP contribution in [-0.2, 0) is 4.79 Å². The first-order chi connectivity index (χ1) is 9.30. The first kappa shape index (κ1) is 15.9. The average molecular weight is 313 g/mol. The first-order valence-electron chi connectivity index (χ1n) is 6.90. The van der Waals surface area contributed by atoms with Gasteiger partial charge in [-0.05, 0) is 43.4 Å². The summed E-state index contributed by atoms with van der Waals surface area (Å²) in [5, 5.41) is 2.33. The van der Waals surface area contributed by atoms with E-state index < -0.39 is 0 Å². The Hall–Kier alpha value is -0.520. The highest BCUT2D eigenvalue weighted by molar-refractivity contribution is 8.00. The van der Waals surface area contributed by atoms with Gasteiger partial charge < -0.3 is 9.80 Å². The highest BCUT2D eigenvalue weighted by Crippen LogP contribution is 2.43. The van der Waals surface area contributed by atoms with Gasteiger partial charge in [-0.2, -0.15) is 0 Å². The van der Waals surface area contributed by atoms with Gasteiger partial charge in [-0.15, -0.1) is 23.1 Å². The van der Waals surface area contributed by atoms with E-state index >= 15 is 0 Å². The average Bonchev–Trinajstić information content (AvgIpc) is 2.85. The summed E-state index contributed by atoms with van der Waals surface area (Å²) in [7, 11) is 4.17. The molecule has 2 heterocycles. The third-order valence-corrected chi connectivity index (χ3v) is 5.88. The molecular formula is C15H24N2OS2. The van der Waals surface area contributed by atoms with Gasteiger partial charge in [0, 0.05) is 18.0 Å². The lowest BCUT2D eigenvalue weighted by atomic mass is 9.92. The Balaban J connectivity index is 2.15. The maximum atomic E-state index is 12.3. The highest BCUT2D eigenvalue weighted by Gasteiger charge is 2.37. The molecule has 1 fully saturated rings. The first-order valence-corrected chi connectivity index (χ1v) is 8.83. The van der Waals surface area contributed by atoms with Crippen molar-refractivity contribution < 1.29 is 4.79 Å². The van der Waals surface area contributed by atoms with E-state index in [1.54, 1.807) is 23.1 Å². The summed E-state index contributed by atoms with van der Waals surface area (Å²) in [5.74, 6) is 0.889. The molecular weight excluding hydrogens is 288 g/mol. The molecule has 1 saturated heterocycles. The van der Waals surface area contributed by atoms with E-state index in [0.717, 1.165) is 13.1 Å². The van der Waals surface area contributed by atoms with E-state index in [1.807, 2.05) is 0 Å². The Kier molecular flexibility index (Phi) is 4.82. The van der Waals surface area contributed by atoms with E-state index in [4.69, 9.17) is 0 Å². The third-order valence-electron chi connectivity index (χ3n) is 3.44. The topological polar surface area (TPSA) is 23.6 Å². The van der Waals surface area contributed by atoms with Crippen molar-refractivity contribution in [2.24, 2.45) is 5.41 Å². The number of thioether (sulfide) groups is 1. The largest absolute Gasteiger partial charge is 0.324 e. The smallest absolute Gasteiger partial charge is 0.233 e. The SMILES string of the molecule is Cc1ccsc1C1SCC(=O)N1CC(C)(C)CN(C)C. The molecule has 0 spiro atoms. The zero-order chi connectivity index (χ0) is 14.9. The Morgan fingerprint density at radius 3 is 2.70 bits per heavy atom. The standard InChI is InChI=1S/C15H24N2OS2/c1-11-6-7-19-13(11)14-17(12(18)8-20-14)10-15(2,3)9-16(4)5/h6-7,14H,8-10H2,1-5H3. The zero-order valence-electron chi connectivity index (χ0n) is 13.0. The quantitative estimate of drug-likeness (QED) is 0.834. The number of carbonyl (C=O) groups is 1. The Bertz CT molecular complexity index is 482. The van der Waals surface area contributed by atoms with Crippen LogP contribution < -0.4 is 0 Å². The van der Waals surface area contributed by atoms with Crippen LogP contribution in [-0.4, -0.2) is 48.6 Å². The molecule has 1 aliphatic rings. The second-order valence-corrected chi connectivity index (χ2v) is 8.57. The van der Waals surface area contributed by atoms with Crippen molar-refractivity contribution in [2.75, 3.05) is 32.9 Å². The van der Waals surface area contributed by atoms with E-state index in [2.05, 4.69) is 56.1 Å². The van der Waals surface area contributed by atoms with Gasteiger partial charge in [-0.1, -0.05) is 13.8 Å². The maximum absolute atomic E-state index is 12.3. The van der Waals surface area contributed by atoms with Gasteiger partial charge >= 0.3 is 0 Å². The van der Waals surface area contributed by atoms with Crippen LogP contribution in [0, 0.1) is 12.3 Å². The molecule has 5 heteroatoms. The molecule has 0 radical (unpaired) electrons. The van der Waals surface area contributed by atoms with Gasteiger partial charge in [-0.25, -0.2) is 0 Å². The molecule has 0 saturated carbocycles. The molecule has 1 atom stereocenters. The lowest BCUT2D eigenvalue weighted by Gasteiger charge is -2.35. The minimum Gasteiger partial charge on any atom is -0.324 e. The fourth-order valence-corrected chi connectivity index (χ4v) is 5.31. The predicted octanol–water partition coefficient (Wildman–Crippen LogP) is 3.22. The summed E-state index contributed by atoms with van der Waals surface area (Å²) in [6.07, 6.45) is 0. The minimum atomic E-state index is 0.105. The Morgan fingerprint density at radius 1 is 1.45 bits per heavy atom. The van der Waals surface area contributed by atoms with Crippen LogP contribution in [0.5, 0.6) is 0 Å². The summed E-state index contributed by atoms with van der Waals surface area (Å²) in [6, 6.07) is 2.15. The van der Waals surface area contributed by atoms with Crippen molar-refractivity contribution in [2.45, 2.75) is 26.1 Å². The van der Waals surface area contributed by atoms with Crippen LogP contribution in [0.2, 0.25) is 0 Å². The predicted molar refractivity (Wildman–Crippen MR) is 88.3 cm³/mol. The fourth-order valence-electron chi connectivity index (χ4n) is 2.85. The lowest BCUT2D eigenvalue weighted by Crippen LogP contribution is -2.41. The van der Waals surface area contributed by atoms with E-state index in [-0.39, 0.29) is 16.7 Å². The molecule has 0 bridgehead atoms. The second-order valence-electron chi connectivity index (χ2n) is 6.55. The number of aryl methyl sites for hydroxylation is 1. The fraction of sp³-hybridized carbons (Fsp3) is 0.667. The van der Waals surface area contributed by atoms with Crippen molar-refractivity contribution in [3.05, 3.63) is 21.9 Å². The number of hydrogen-bond acceptors (Lipinski definition) is 4. The van der Waals surface area contributed by atoms with Crippen molar-refractivity contribution >= 4 is 29.0 Å². The maximum Gasteiger partial charge on any atom is 0.233 e. The van der Waals surface area contributed by atoms with Gasteiger partial charge in [0.15, 0.2) is 0 Å². The molecule has 1 amide bonds. The second kappa shape index (κ2) is 6.08. The number of rotatable bonds is 5. The lowest BCUT2D eigenvalue weighted by molar-refractivity contribution is -0.129. The number of amides is 1. The van der Waals surface area contributed by atoms with E-state index in [0.29, 0.717) is 5.75 Å². The van der Waals surface area contributed by atoms with E-state index in [1.165, 1.54) is 10.4 Å². The number of carbonyl (C=O) groups excluding carboxylic acids is 1. The van der Waals surface area contributed by atoms with Crippen molar-refractivity contribution in [1.29, 1.82) is 0 Å². The molecule has 0 N–H and O–H groups in total. The Morgan fingerprint density at radius 2 is 2.15 bits per heavy atom. The summed E-state index contributed by atoms with van der Waals surface area (Å²) in [4.78, 5) is 17.9. The van der Waals surface area contributed by atoms with Gasteiger partial charge in [0.1, 0.15) is 5.37 Å². The van der Waals surface area contributed by atoms with Crippen LogP contribution in [0.25, 0.3) is 0 Å². The molecule has 1 aliphatic heterocycles. The number of nitrogens with zero attached hydrogens (tertiary/aromatic N) is 2. The van der Waals surface area contributed by atoms with Crippen LogP contribution >= 0.6 is 23.1 Å². The summed E-state index contributed by atoms with van der Waals surface area (Å²) >= 11 is 3.53. The van der Waals surface area contributed by atoms with Crippen molar-refractivity contribution in [3.63, 3.8) is 0 Å². The molecule has 0 aliphatic carbocycles. The van der Waals surface area contributed by atoms with Gasteiger partial charge in [0.2, 0.25) is 5.91 Å². The van der Waals surface area contributed by atoms with Crippen LogP contribution in [0.4, 0.5) is 0 Å². The summed E-state index contributed by atoms with van der Waals surface area (Å²) < 4.78 is 0. The third kappa shape index (κ3) is 3.57. The molecule has 112 valence electrons. The van der Waals surface area contributed by atoms with Gasteiger partial charge in [-0.3, -0.25) is 4.79 Å². The summed E-state index contributed by atoms with van der Waals surface area (Å²) in [5.41, 5.74) is 1.41. The summed E-state index contributed by atoms with van der Waals surface area (Å²) in [6.45, 7) is 8.41. The molecule has 1 aromatic heterocycles. The van der Waals surface area contributed by atoms with Crippen LogP contribution in [0.15, 0.2) is 11.4 Å². The molecule has 3 nitrogen and oxygen atoms in total. The molecule has 1 unspecified atom stereocenters. The van der Waals surface area contributed by atoms with Crippen LogP contribution in [0.1, 0.15) is 29.7 Å². The van der Waals surface area contributed by atoms with Crippen molar-refractivity contribution in [1.82, 2.24) is 9.80 Å². The highest BCUT2D eigenvalue weighted by atomic mass is 32.2. The van der Waals surface area contributed by atoms with Crippen molar-refractivity contribution in [3.8, 4) is 0 Å². The Labute approximate surface area is 130 Å². The number of hydrogen-bond donors (Lipinski definition) is 0. The minimum absolute atomic E-state index is 0.105. The van der Waals surface area contributed by atoms with Gasteiger partial charge in [0.25, 0.3) is 0 Å². The zero-order valence-corrected chi connectivity index (χ0v) is 14.6. The monoisotopic (exact) mass is 312 g/mol. The molecule has 2 rings (SSSR count). The normalized spacial score (nSPS) is 20.2. The number of thiophene rings is 1. The van der Waals surface area contributed by atoms with E-state index in [9.17, 15) is 4.79 Å². The molecule has 1 aromatic rings. The van der Waals surface area contributed by atoms with Gasteiger partial charge in [0.05, 0.1) is 5.75 Å². The molecule has 0 aromatic carbocycles. The molecule has 20 heavy (non-hydrogen) atoms.